The predicted molar refractivity (Wildman–Crippen MR) is 111 cm³/mol. The lowest BCUT2D eigenvalue weighted by Crippen LogP contribution is -2.34. The lowest BCUT2D eigenvalue weighted by atomic mass is 10.0. The van der Waals surface area contributed by atoms with Gasteiger partial charge in [-0.2, -0.15) is 18.4 Å². The molecule has 0 fully saturated rings. The summed E-state index contributed by atoms with van der Waals surface area (Å²) in [5, 5.41) is 9.01. The van der Waals surface area contributed by atoms with Crippen molar-refractivity contribution < 1.29 is 32.2 Å². The summed E-state index contributed by atoms with van der Waals surface area (Å²) in [4.78, 5) is 25.1. The number of rotatable bonds is 8. The normalized spacial score (nSPS) is 11.9. The molecule has 0 radical (unpaired) electrons. The van der Waals surface area contributed by atoms with Gasteiger partial charge in [0, 0.05) is 26.6 Å². The standard InChI is InChI=1S/C21H17Cl2F3N2O4/c1-28(2)20(30)14(11-27)17(29)7-8-31-19-10-13(4-5-15(19)22)32-18-6-3-12(9-16(18)23)21(24,25)26/h3-6,9-10,14H,7-8H2,1-2H3. The van der Waals surface area contributed by atoms with Crippen LogP contribution in [-0.4, -0.2) is 37.3 Å². The van der Waals surface area contributed by atoms with Gasteiger partial charge in [0.05, 0.1) is 28.3 Å². The van der Waals surface area contributed by atoms with Crippen LogP contribution in [0.15, 0.2) is 36.4 Å². The number of benzene rings is 2. The molecular formula is C21H17Cl2F3N2O4. The van der Waals surface area contributed by atoms with Crippen molar-refractivity contribution in [2.45, 2.75) is 12.6 Å². The van der Waals surface area contributed by atoms with E-state index in [2.05, 4.69) is 0 Å². The third-order valence-electron chi connectivity index (χ3n) is 4.13. The summed E-state index contributed by atoms with van der Waals surface area (Å²) in [5.41, 5.74) is -0.914. The van der Waals surface area contributed by atoms with Crippen LogP contribution < -0.4 is 9.47 Å². The van der Waals surface area contributed by atoms with Gasteiger partial charge >= 0.3 is 6.18 Å². The zero-order valence-electron chi connectivity index (χ0n) is 16.9. The number of nitrogens with zero attached hydrogens (tertiary/aromatic N) is 2. The number of carbonyl (C=O) groups excluding carboxylic acids is 2. The molecule has 0 saturated heterocycles. The second-order valence-corrected chi connectivity index (χ2v) is 7.51. The molecule has 0 saturated carbocycles. The highest BCUT2D eigenvalue weighted by molar-refractivity contribution is 6.32. The van der Waals surface area contributed by atoms with Crippen molar-refractivity contribution >= 4 is 34.9 Å². The lowest BCUT2D eigenvalue weighted by Gasteiger charge is -2.15. The average molecular weight is 489 g/mol. The van der Waals surface area contributed by atoms with Gasteiger partial charge in [0.25, 0.3) is 0 Å². The van der Waals surface area contributed by atoms with Crippen LogP contribution >= 0.6 is 23.2 Å². The lowest BCUT2D eigenvalue weighted by molar-refractivity contribution is -0.138. The molecule has 0 aliphatic carbocycles. The topological polar surface area (TPSA) is 79.6 Å². The Hall–Kier alpha value is -2.96. The molecule has 0 aliphatic rings. The first-order valence-electron chi connectivity index (χ1n) is 9.04. The molecule has 0 N–H and O–H groups in total. The van der Waals surface area contributed by atoms with Crippen LogP contribution in [0.1, 0.15) is 12.0 Å². The maximum absolute atomic E-state index is 12.8. The van der Waals surface area contributed by atoms with E-state index < -0.39 is 29.3 Å². The highest BCUT2D eigenvalue weighted by Gasteiger charge is 2.31. The molecule has 0 aromatic heterocycles. The minimum absolute atomic E-state index is 0.0119. The number of nitriles is 1. The molecule has 0 bridgehead atoms. The Morgan fingerprint density at radius 2 is 1.78 bits per heavy atom. The predicted octanol–water partition coefficient (Wildman–Crippen LogP) is 5.37. The second kappa shape index (κ2) is 10.6. The van der Waals surface area contributed by atoms with E-state index in [0.717, 1.165) is 23.1 Å². The van der Waals surface area contributed by atoms with Crippen molar-refractivity contribution in [3.8, 4) is 23.3 Å². The molecule has 0 aliphatic heterocycles. The fraction of sp³-hybridized carbons (Fsp3) is 0.286. The Morgan fingerprint density at radius 1 is 1.09 bits per heavy atom. The number of hydrogen-bond donors (Lipinski definition) is 0. The zero-order chi connectivity index (χ0) is 24.1. The number of hydrogen-bond acceptors (Lipinski definition) is 5. The van der Waals surface area contributed by atoms with Gasteiger partial charge in [-0.05, 0) is 30.3 Å². The Kier molecular flexibility index (Phi) is 8.36. The molecule has 6 nitrogen and oxygen atoms in total. The van der Waals surface area contributed by atoms with Crippen molar-refractivity contribution in [1.29, 1.82) is 5.26 Å². The summed E-state index contributed by atoms with van der Waals surface area (Å²) in [5.74, 6) is -2.36. The monoisotopic (exact) mass is 488 g/mol. The van der Waals surface area contributed by atoms with Gasteiger partial charge in [-0.25, -0.2) is 0 Å². The van der Waals surface area contributed by atoms with E-state index in [1.807, 2.05) is 0 Å². The van der Waals surface area contributed by atoms with E-state index in [1.54, 1.807) is 6.07 Å². The fourth-order valence-electron chi connectivity index (χ4n) is 2.47. The van der Waals surface area contributed by atoms with Gasteiger partial charge < -0.3 is 14.4 Å². The second-order valence-electron chi connectivity index (χ2n) is 6.70. The van der Waals surface area contributed by atoms with E-state index in [0.29, 0.717) is 0 Å². The van der Waals surface area contributed by atoms with E-state index in [4.69, 9.17) is 37.9 Å². The third-order valence-corrected chi connectivity index (χ3v) is 4.74. The number of ketones is 1. The molecule has 2 rings (SSSR count). The van der Waals surface area contributed by atoms with Gasteiger partial charge in [0.1, 0.15) is 17.2 Å². The average Bonchev–Trinajstić information content (AvgIpc) is 2.71. The molecule has 2 aromatic carbocycles. The van der Waals surface area contributed by atoms with E-state index in [9.17, 15) is 22.8 Å². The van der Waals surface area contributed by atoms with Gasteiger partial charge in [-0.15, -0.1) is 0 Å². The Balaban J connectivity index is 2.06. The molecule has 1 amide bonds. The molecule has 170 valence electrons. The molecule has 2 aromatic rings. The number of amides is 1. The van der Waals surface area contributed by atoms with Crippen molar-refractivity contribution in [1.82, 2.24) is 4.90 Å². The van der Waals surface area contributed by atoms with Crippen LogP contribution in [0.4, 0.5) is 13.2 Å². The van der Waals surface area contributed by atoms with Crippen LogP contribution in [0.2, 0.25) is 10.0 Å². The SMILES string of the molecule is CN(C)C(=O)C(C#N)C(=O)CCOc1cc(Oc2ccc(C(F)(F)F)cc2Cl)ccc1Cl. The van der Waals surface area contributed by atoms with E-state index in [-0.39, 0.29) is 40.3 Å². The smallest absolute Gasteiger partial charge is 0.416 e. The molecule has 11 heteroatoms. The molecule has 1 atom stereocenters. The molecule has 1 unspecified atom stereocenters. The van der Waals surface area contributed by atoms with Crippen LogP contribution in [0.5, 0.6) is 17.2 Å². The first-order chi connectivity index (χ1) is 14.9. The maximum Gasteiger partial charge on any atom is 0.416 e. The summed E-state index contributed by atoms with van der Waals surface area (Å²) >= 11 is 12.0. The van der Waals surface area contributed by atoms with Crippen LogP contribution in [0.25, 0.3) is 0 Å². The summed E-state index contributed by atoms with van der Waals surface area (Å²) in [6.07, 6.45) is -4.76. The van der Waals surface area contributed by atoms with Crippen LogP contribution in [-0.2, 0) is 15.8 Å². The van der Waals surface area contributed by atoms with Gasteiger partial charge in [-0.1, -0.05) is 23.2 Å². The highest BCUT2D eigenvalue weighted by atomic mass is 35.5. The number of carbonyl (C=O) groups is 2. The van der Waals surface area contributed by atoms with Gasteiger partial charge in [-0.3, -0.25) is 9.59 Å². The van der Waals surface area contributed by atoms with Gasteiger partial charge in [0.15, 0.2) is 11.7 Å². The van der Waals surface area contributed by atoms with Crippen molar-refractivity contribution in [2.24, 2.45) is 5.92 Å². The Morgan fingerprint density at radius 3 is 2.34 bits per heavy atom. The summed E-state index contributed by atoms with van der Waals surface area (Å²) in [6, 6.07) is 8.59. The Bertz CT molecular complexity index is 1050. The first kappa shape index (κ1) is 25.3. The summed E-state index contributed by atoms with van der Waals surface area (Å²) in [6.45, 7) is -0.165. The quantitative estimate of drug-likeness (QED) is 0.466. The number of halogens is 5. The third kappa shape index (κ3) is 6.52. The van der Waals surface area contributed by atoms with Crippen LogP contribution in [0, 0.1) is 17.2 Å². The van der Waals surface area contributed by atoms with Crippen molar-refractivity contribution in [3.63, 3.8) is 0 Å². The molecular weight excluding hydrogens is 472 g/mol. The van der Waals surface area contributed by atoms with Crippen molar-refractivity contribution in [2.75, 3.05) is 20.7 Å². The number of ether oxygens (including phenoxy) is 2. The summed E-state index contributed by atoms with van der Waals surface area (Å²) < 4.78 is 49.3. The van der Waals surface area contributed by atoms with E-state index >= 15 is 0 Å². The minimum atomic E-state index is -4.54. The summed E-state index contributed by atoms with van der Waals surface area (Å²) in [7, 11) is 2.87. The zero-order valence-corrected chi connectivity index (χ0v) is 18.4. The molecule has 0 spiro atoms. The minimum Gasteiger partial charge on any atom is -0.491 e. The van der Waals surface area contributed by atoms with Gasteiger partial charge in [0.2, 0.25) is 5.91 Å². The Labute approximate surface area is 192 Å². The van der Waals surface area contributed by atoms with Crippen LogP contribution in [0.3, 0.4) is 0 Å². The maximum atomic E-state index is 12.8. The largest absolute Gasteiger partial charge is 0.491 e. The fourth-order valence-corrected chi connectivity index (χ4v) is 2.86. The number of alkyl halides is 3. The number of Topliss-reactive ketones (excluding diaryl/α,β-unsaturated/α-hetero) is 1. The molecule has 0 heterocycles. The van der Waals surface area contributed by atoms with E-state index in [1.165, 1.54) is 32.3 Å². The highest BCUT2D eigenvalue weighted by Crippen LogP contribution is 2.38. The molecule has 32 heavy (non-hydrogen) atoms. The first-order valence-corrected chi connectivity index (χ1v) is 9.80. The van der Waals surface area contributed by atoms with Crippen molar-refractivity contribution in [3.05, 3.63) is 52.0 Å².